The van der Waals surface area contributed by atoms with E-state index in [9.17, 15) is 9.59 Å². The molecule has 0 radical (unpaired) electrons. The number of carbonyl (C=O) groups excluding carboxylic acids is 2. The van der Waals surface area contributed by atoms with Crippen LogP contribution in [0.15, 0.2) is 6.20 Å². The van der Waals surface area contributed by atoms with E-state index in [1.54, 1.807) is 22.9 Å². The van der Waals surface area contributed by atoms with Gasteiger partial charge < -0.3 is 14.5 Å². The van der Waals surface area contributed by atoms with Crippen molar-refractivity contribution in [2.75, 3.05) is 33.4 Å². The van der Waals surface area contributed by atoms with Gasteiger partial charge in [-0.2, -0.15) is 0 Å². The maximum Gasteiger partial charge on any atom is 0.248 e. The minimum Gasteiger partial charge on any atom is -0.384 e. The number of piperidine rings is 1. The number of carbonyl (C=O) groups is 2. The van der Waals surface area contributed by atoms with E-state index < -0.39 is 0 Å². The van der Waals surface area contributed by atoms with Crippen molar-refractivity contribution in [2.24, 2.45) is 11.8 Å². The predicted octanol–water partition coefficient (Wildman–Crippen LogP) is 1.09. The molecule has 8 heteroatoms. The molecule has 0 saturated carbocycles. The van der Waals surface area contributed by atoms with Crippen molar-refractivity contribution in [1.82, 2.24) is 24.8 Å². The van der Waals surface area contributed by atoms with Crippen LogP contribution in [0.3, 0.4) is 0 Å². The van der Waals surface area contributed by atoms with Crippen LogP contribution in [0, 0.1) is 11.8 Å². The molecule has 26 heavy (non-hydrogen) atoms. The Morgan fingerprint density at radius 3 is 2.73 bits per heavy atom. The van der Waals surface area contributed by atoms with Crippen molar-refractivity contribution in [3.63, 3.8) is 0 Å². The number of likely N-dealkylation sites (tertiary alicyclic amines) is 1. The molecule has 1 saturated heterocycles. The number of methoxy groups -OCH3 is 1. The summed E-state index contributed by atoms with van der Waals surface area (Å²) < 4.78 is 6.93. The fourth-order valence-corrected chi connectivity index (χ4v) is 3.86. The second-order valence-electron chi connectivity index (χ2n) is 7.79. The van der Waals surface area contributed by atoms with E-state index in [4.69, 9.17) is 4.74 Å². The average Bonchev–Trinajstić information content (AvgIpc) is 3.07. The molecule has 0 N–H and O–H groups in total. The summed E-state index contributed by atoms with van der Waals surface area (Å²) in [5, 5.41) is 8.03. The van der Waals surface area contributed by atoms with E-state index in [0.29, 0.717) is 24.8 Å². The SMILES string of the molecule is COCC1CCN(C(=O)CN2Cc3cnnn3[C@@H](CC(C)C)C2=O)CC1. The lowest BCUT2D eigenvalue weighted by atomic mass is 9.97. The van der Waals surface area contributed by atoms with Crippen LogP contribution in [-0.2, 0) is 20.9 Å². The Labute approximate surface area is 154 Å². The predicted molar refractivity (Wildman–Crippen MR) is 95.1 cm³/mol. The molecule has 0 unspecified atom stereocenters. The molecule has 1 aromatic heterocycles. The van der Waals surface area contributed by atoms with Crippen LogP contribution >= 0.6 is 0 Å². The van der Waals surface area contributed by atoms with Gasteiger partial charge in [-0.1, -0.05) is 19.1 Å². The second-order valence-corrected chi connectivity index (χ2v) is 7.79. The number of ether oxygens (including phenoxy) is 1. The summed E-state index contributed by atoms with van der Waals surface area (Å²) >= 11 is 0. The Morgan fingerprint density at radius 1 is 1.35 bits per heavy atom. The maximum absolute atomic E-state index is 12.9. The summed E-state index contributed by atoms with van der Waals surface area (Å²) in [6.45, 7) is 6.92. The minimum atomic E-state index is -0.360. The fraction of sp³-hybridized carbons (Fsp3) is 0.778. The van der Waals surface area contributed by atoms with E-state index >= 15 is 0 Å². The molecule has 1 aromatic rings. The summed E-state index contributed by atoms with van der Waals surface area (Å²) in [4.78, 5) is 29.2. The van der Waals surface area contributed by atoms with Crippen LogP contribution < -0.4 is 0 Å². The Balaban J connectivity index is 1.63. The third kappa shape index (κ3) is 4.06. The molecule has 2 aliphatic heterocycles. The largest absolute Gasteiger partial charge is 0.384 e. The van der Waals surface area contributed by atoms with Crippen molar-refractivity contribution < 1.29 is 14.3 Å². The van der Waals surface area contributed by atoms with Crippen molar-refractivity contribution in [2.45, 2.75) is 45.7 Å². The zero-order chi connectivity index (χ0) is 18.7. The molecule has 2 amide bonds. The fourth-order valence-electron chi connectivity index (χ4n) is 3.86. The summed E-state index contributed by atoms with van der Waals surface area (Å²) in [5.74, 6) is 0.880. The van der Waals surface area contributed by atoms with Gasteiger partial charge in [0.25, 0.3) is 0 Å². The molecule has 144 valence electrons. The van der Waals surface area contributed by atoms with Crippen LogP contribution in [0.4, 0.5) is 0 Å². The van der Waals surface area contributed by atoms with Crippen molar-refractivity contribution >= 4 is 11.8 Å². The van der Waals surface area contributed by atoms with Gasteiger partial charge in [0.1, 0.15) is 12.6 Å². The zero-order valence-electron chi connectivity index (χ0n) is 15.9. The molecule has 0 bridgehead atoms. The highest BCUT2D eigenvalue weighted by Gasteiger charge is 2.36. The Bertz CT molecular complexity index is 637. The van der Waals surface area contributed by atoms with Crippen LogP contribution in [0.25, 0.3) is 0 Å². The average molecular weight is 363 g/mol. The first-order chi connectivity index (χ1) is 12.5. The van der Waals surface area contributed by atoms with E-state index in [-0.39, 0.29) is 24.4 Å². The molecule has 1 fully saturated rings. The Kier molecular flexibility index (Phi) is 5.90. The highest BCUT2D eigenvalue weighted by Crippen LogP contribution is 2.27. The lowest BCUT2D eigenvalue weighted by molar-refractivity contribution is -0.146. The number of nitrogens with zero attached hydrogens (tertiary/aromatic N) is 5. The molecule has 0 aromatic carbocycles. The topological polar surface area (TPSA) is 80.6 Å². The van der Waals surface area contributed by atoms with Crippen molar-refractivity contribution in [3.8, 4) is 0 Å². The van der Waals surface area contributed by atoms with E-state index in [1.807, 2.05) is 4.90 Å². The first-order valence-corrected chi connectivity index (χ1v) is 9.44. The summed E-state index contributed by atoms with van der Waals surface area (Å²) in [5.41, 5.74) is 0.891. The number of rotatable bonds is 6. The first kappa shape index (κ1) is 18.8. The number of hydrogen-bond donors (Lipinski definition) is 0. The molecular formula is C18H29N5O3. The van der Waals surface area contributed by atoms with Crippen molar-refractivity contribution in [3.05, 3.63) is 11.9 Å². The van der Waals surface area contributed by atoms with Gasteiger partial charge in [0.15, 0.2) is 0 Å². The van der Waals surface area contributed by atoms with Gasteiger partial charge in [-0.15, -0.1) is 5.10 Å². The van der Waals surface area contributed by atoms with Crippen LogP contribution in [-0.4, -0.2) is 70.0 Å². The third-order valence-electron chi connectivity index (χ3n) is 5.28. The lowest BCUT2D eigenvalue weighted by Gasteiger charge is -2.36. The van der Waals surface area contributed by atoms with E-state index in [2.05, 4.69) is 24.2 Å². The molecular weight excluding hydrogens is 334 g/mol. The molecule has 3 rings (SSSR count). The van der Waals surface area contributed by atoms with Crippen LogP contribution in [0.1, 0.15) is 44.8 Å². The third-order valence-corrected chi connectivity index (χ3v) is 5.28. The van der Waals surface area contributed by atoms with Gasteiger partial charge in [-0.25, -0.2) is 4.68 Å². The highest BCUT2D eigenvalue weighted by atomic mass is 16.5. The maximum atomic E-state index is 12.9. The number of amides is 2. The molecule has 0 aliphatic carbocycles. The number of aromatic nitrogens is 3. The van der Waals surface area contributed by atoms with Gasteiger partial charge in [-0.3, -0.25) is 9.59 Å². The number of fused-ring (bicyclic) bond motifs is 1. The van der Waals surface area contributed by atoms with Gasteiger partial charge in [0.2, 0.25) is 11.8 Å². The van der Waals surface area contributed by atoms with E-state index in [0.717, 1.165) is 38.2 Å². The van der Waals surface area contributed by atoms with Crippen LogP contribution in [0.2, 0.25) is 0 Å². The molecule has 3 heterocycles. The van der Waals surface area contributed by atoms with Crippen molar-refractivity contribution in [1.29, 1.82) is 0 Å². The summed E-state index contributed by atoms with van der Waals surface area (Å²) in [6, 6.07) is -0.360. The Morgan fingerprint density at radius 2 is 2.08 bits per heavy atom. The smallest absolute Gasteiger partial charge is 0.248 e. The van der Waals surface area contributed by atoms with Crippen LogP contribution in [0.5, 0.6) is 0 Å². The standard InChI is InChI=1S/C18H29N5O3/c1-13(2)8-16-18(25)22(10-15-9-19-20-23(15)16)11-17(24)21-6-4-14(5-7-21)12-26-3/h9,13-14,16H,4-8,10-12H2,1-3H3/t16-/m0/s1. The monoisotopic (exact) mass is 363 g/mol. The quantitative estimate of drug-likeness (QED) is 0.756. The minimum absolute atomic E-state index is 0.0263. The Hall–Kier alpha value is -1.96. The zero-order valence-corrected chi connectivity index (χ0v) is 15.9. The summed E-state index contributed by atoms with van der Waals surface area (Å²) in [7, 11) is 1.71. The van der Waals surface area contributed by atoms with Gasteiger partial charge in [0.05, 0.1) is 18.4 Å². The normalized spacial score (nSPS) is 21.4. The second kappa shape index (κ2) is 8.16. The first-order valence-electron chi connectivity index (χ1n) is 9.44. The molecule has 2 aliphatic rings. The lowest BCUT2D eigenvalue weighted by Crippen LogP contribution is -2.49. The highest BCUT2D eigenvalue weighted by molar-refractivity contribution is 5.87. The van der Waals surface area contributed by atoms with Gasteiger partial charge in [0, 0.05) is 26.8 Å². The van der Waals surface area contributed by atoms with Gasteiger partial charge >= 0.3 is 0 Å². The van der Waals surface area contributed by atoms with Gasteiger partial charge in [-0.05, 0) is 31.1 Å². The molecule has 0 spiro atoms. The number of hydrogen-bond acceptors (Lipinski definition) is 5. The summed E-state index contributed by atoms with van der Waals surface area (Å²) in [6.07, 6.45) is 4.30. The van der Waals surface area contributed by atoms with E-state index in [1.165, 1.54) is 0 Å². The molecule has 8 nitrogen and oxygen atoms in total. The molecule has 1 atom stereocenters.